The largest absolute Gasteiger partial charge is 0.309 e. The van der Waals surface area contributed by atoms with Gasteiger partial charge >= 0.3 is 0 Å². The molecule has 11 aromatic carbocycles. The van der Waals surface area contributed by atoms with Crippen LogP contribution in [0.1, 0.15) is 0 Å². The van der Waals surface area contributed by atoms with Crippen molar-refractivity contribution in [3.8, 4) is 55.9 Å². The lowest BCUT2D eigenvalue weighted by Crippen LogP contribution is -2.02. The highest BCUT2D eigenvalue weighted by Gasteiger charge is 2.26. The summed E-state index contributed by atoms with van der Waals surface area (Å²) in [4.78, 5) is 0. The highest BCUT2D eigenvalue weighted by Crippen LogP contribution is 2.51. The number of hydrogen-bond donors (Lipinski definition) is 0. The molecule has 0 saturated carbocycles. The van der Waals surface area contributed by atoms with Crippen LogP contribution in [0.3, 0.4) is 0 Å². The molecule has 0 radical (unpaired) electrons. The van der Waals surface area contributed by atoms with Gasteiger partial charge in [-0.1, -0.05) is 158 Å². The molecule has 0 saturated heterocycles. The van der Waals surface area contributed by atoms with Crippen molar-refractivity contribution in [3.63, 3.8) is 0 Å². The molecule has 2 heteroatoms. The zero-order valence-corrected chi connectivity index (χ0v) is 33.7. The van der Waals surface area contributed by atoms with Crippen molar-refractivity contribution in [1.82, 2.24) is 9.13 Å². The Hall–Kier alpha value is -8.20. The third-order valence-electron chi connectivity index (χ3n) is 13.7. The van der Waals surface area contributed by atoms with Gasteiger partial charge in [0.15, 0.2) is 0 Å². The van der Waals surface area contributed by atoms with Gasteiger partial charge in [0, 0.05) is 32.9 Å². The van der Waals surface area contributed by atoms with E-state index in [0.717, 1.165) is 11.4 Å². The molecule has 286 valence electrons. The molecular formula is C60H36N2. The van der Waals surface area contributed by atoms with E-state index in [0.29, 0.717) is 0 Å². The Morgan fingerprint density at radius 1 is 0.177 bits per heavy atom. The summed E-state index contributed by atoms with van der Waals surface area (Å²) in [5.74, 6) is 0. The van der Waals surface area contributed by atoms with Crippen molar-refractivity contribution in [3.05, 3.63) is 218 Å². The summed E-state index contributed by atoms with van der Waals surface area (Å²) < 4.78 is 4.89. The third-order valence-corrected chi connectivity index (χ3v) is 13.7. The summed E-state index contributed by atoms with van der Waals surface area (Å²) in [5, 5.41) is 12.7. The van der Waals surface area contributed by atoms with E-state index in [9.17, 15) is 0 Å². The van der Waals surface area contributed by atoms with E-state index in [1.165, 1.54) is 120 Å². The number of para-hydroxylation sites is 4. The quantitative estimate of drug-likeness (QED) is 0.155. The number of benzene rings is 11. The fourth-order valence-corrected chi connectivity index (χ4v) is 11.0. The SMILES string of the molecule is c1ccc2c(c1)-c1cc(-n3c4ccccc4c4ccccc43)ccc1-c1cc3c4ccccc4c4ccccc4c3cc1-c1ccc(-n3c4ccccc4c4ccccc43)cc1-2. The van der Waals surface area contributed by atoms with Crippen molar-refractivity contribution in [1.29, 1.82) is 0 Å². The maximum atomic E-state index is 2.50. The second-order valence-electron chi connectivity index (χ2n) is 16.8. The van der Waals surface area contributed by atoms with Crippen LogP contribution in [0.4, 0.5) is 0 Å². The number of rotatable bonds is 2. The molecule has 2 aromatic heterocycles. The lowest BCUT2D eigenvalue weighted by molar-refractivity contribution is 1.18. The Labute approximate surface area is 357 Å². The Bertz CT molecular complexity index is 3680. The molecule has 2 nitrogen and oxygen atoms in total. The van der Waals surface area contributed by atoms with Gasteiger partial charge < -0.3 is 9.13 Å². The fourth-order valence-electron chi connectivity index (χ4n) is 11.0. The second-order valence-corrected chi connectivity index (χ2v) is 16.8. The molecule has 0 N–H and O–H groups in total. The summed E-state index contributed by atoms with van der Waals surface area (Å²) >= 11 is 0. The summed E-state index contributed by atoms with van der Waals surface area (Å²) in [6, 6.07) is 81.5. The Morgan fingerprint density at radius 2 is 0.435 bits per heavy atom. The summed E-state index contributed by atoms with van der Waals surface area (Å²) in [6.45, 7) is 0. The molecule has 2 heterocycles. The maximum Gasteiger partial charge on any atom is 0.0541 e. The molecule has 13 aromatic rings. The summed E-state index contributed by atoms with van der Waals surface area (Å²) in [6.07, 6.45) is 0. The molecule has 0 amide bonds. The van der Waals surface area contributed by atoms with Crippen LogP contribution >= 0.6 is 0 Å². The first-order valence-electron chi connectivity index (χ1n) is 21.5. The van der Waals surface area contributed by atoms with Gasteiger partial charge in [-0.2, -0.15) is 0 Å². The molecule has 0 unspecified atom stereocenters. The Kier molecular flexibility index (Phi) is 6.86. The lowest BCUT2D eigenvalue weighted by atomic mass is 9.79. The topological polar surface area (TPSA) is 9.86 Å². The highest BCUT2D eigenvalue weighted by atomic mass is 15.0. The van der Waals surface area contributed by atoms with E-state index in [-0.39, 0.29) is 0 Å². The van der Waals surface area contributed by atoms with Gasteiger partial charge in [0.2, 0.25) is 0 Å². The van der Waals surface area contributed by atoms with E-state index < -0.39 is 0 Å². The van der Waals surface area contributed by atoms with Crippen LogP contribution in [0.2, 0.25) is 0 Å². The van der Waals surface area contributed by atoms with Crippen LogP contribution in [0.25, 0.3) is 132 Å². The van der Waals surface area contributed by atoms with Gasteiger partial charge in [-0.15, -0.1) is 0 Å². The molecule has 0 atom stereocenters. The Morgan fingerprint density at radius 3 is 0.790 bits per heavy atom. The molecule has 0 spiro atoms. The van der Waals surface area contributed by atoms with Gasteiger partial charge in [-0.3, -0.25) is 0 Å². The van der Waals surface area contributed by atoms with Crippen LogP contribution < -0.4 is 0 Å². The maximum absolute atomic E-state index is 2.50. The van der Waals surface area contributed by atoms with Gasteiger partial charge in [0.1, 0.15) is 0 Å². The molecule has 14 rings (SSSR count). The predicted molar refractivity (Wildman–Crippen MR) is 263 cm³/mol. The van der Waals surface area contributed by atoms with Crippen LogP contribution in [0.15, 0.2) is 218 Å². The molecule has 1 aliphatic carbocycles. The summed E-state index contributed by atoms with van der Waals surface area (Å²) in [7, 11) is 0. The number of hydrogen-bond acceptors (Lipinski definition) is 0. The predicted octanol–water partition coefficient (Wildman–Crippen LogP) is 16.3. The van der Waals surface area contributed by atoms with Crippen LogP contribution in [-0.4, -0.2) is 9.13 Å². The first kappa shape index (κ1) is 33.6. The fraction of sp³-hybridized carbons (Fsp3) is 0. The van der Waals surface area contributed by atoms with Crippen LogP contribution in [0, 0.1) is 0 Å². The molecule has 0 fully saturated rings. The molecular weight excluding hydrogens is 749 g/mol. The average Bonchev–Trinajstić information content (AvgIpc) is 3.86. The van der Waals surface area contributed by atoms with E-state index in [2.05, 4.69) is 228 Å². The van der Waals surface area contributed by atoms with Gasteiger partial charge in [0.25, 0.3) is 0 Å². The van der Waals surface area contributed by atoms with Crippen LogP contribution in [-0.2, 0) is 0 Å². The van der Waals surface area contributed by atoms with Crippen molar-refractivity contribution < 1.29 is 0 Å². The normalized spacial score (nSPS) is 12.2. The molecule has 1 aliphatic rings. The minimum Gasteiger partial charge on any atom is -0.309 e. The highest BCUT2D eigenvalue weighted by molar-refractivity contribution is 6.27. The first-order chi connectivity index (χ1) is 30.8. The molecule has 62 heavy (non-hydrogen) atoms. The van der Waals surface area contributed by atoms with Gasteiger partial charge in [-0.25, -0.2) is 0 Å². The van der Waals surface area contributed by atoms with E-state index in [1.807, 2.05) is 0 Å². The number of aromatic nitrogens is 2. The lowest BCUT2D eigenvalue weighted by Gasteiger charge is -2.26. The minimum absolute atomic E-state index is 1.15. The second kappa shape index (κ2) is 12.7. The van der Waals surface area contributed by atoms with Crippen molar-refractivity contribution in [2.24, 2.45) is 0 Å². The number of fused-ring (bicyclic) bond motifs is 20. The van der Waals surface area contributed by atoms with E-state index in [4.69, 9.17) is 0 Å². The standard InChI is InChI=1S/C60H36N2/c1-3-17-41-39(15-1)40-16-2-4-18-42(40)54-36-56-46-32-30-38(62-59-27-13-9-23-49(59)50-24-10-14-28-60(50)62)34-52(46)44-20-6-5-19-43(44)51-33-37(29-31-45(51)55(56)35-53(41)54)61-57-25-11-7-21-47(57)48-22-8-12-26-58(48)61/h1-36H. The van der Waals surface area contributed by atoms with E-state index >= 15 is 0 Å². The summed E-state index contributed by atoms with van der Waals surface area (Å²) in [5.41, 5.74) is 16.9. The van der Waals surface area contributed by atoms with Gasteiger partial charge in [0.05, 0.1) is 22.1 Å². The van der Waals surface area contributed by atoms with Crippen molar-refractivity contribution >= 4 is 75.9 Å². The van der Waals surface area contributed by atoms with Gasteiger partial charge in [-0.05, 0) is 137 Å². The van der Waals surface area contributed by atoms with Crippen molar-refractivity contribution in [2.75, 3.05) is 0 Å². The first-order valence-corrected chi connectivity index (χ1v) is 21.5. The van der Waals surface area contributed by atoms with Crippen LogP contribution in [0.5, 0.6) is 0 Å². The smallest absolute Gasteiger partial charge is 0.0541 e. The number of nitrogens with zero attached hydrogens (tertiary/aromatic N) is 2. The average molecular weight is 785 g/mol. The Balaban J connectivity index is 1.13. The monoisotopic (exact) mass is 784 g/mol. The zero-order chi connectivity index (χ0) is 40.5. The zero-order valence-electron chi connectivity index (χ0n) is 33.7. The molecule has 0 bridgehead atoms. The minimum atomic E-state index is 1.15. The molecule has 0 aliphatic heterocycles. The van der Waals surface area contributed by atoms with Crippen molar-refractivity contribution in [2.45, 2.75) is 0 Å². The third kappa shape index (κ3) is 4.58. The van der Waals surface area contributed by atoms with E-state index in [1.54, 1.807) is 0 Å².